The van der Waals surface area contributed by atoms with Crippen molar-refractivity contribution in [3.05, 3.63) is 22.7 Å². The van der Waals surface area contributed by atoms with Crippen molar-refractivity contribution in [3.8, 4) is 11.5 Å². The van der Waals surface area contributed by atoms with E-state index in [0.717, 1.165) is 0 Å². The van der Waals surface area contributed by atoms with Crippen LogP contribution in [0.2, 0.25) is 5.02 Å². The highest BCUT2D eigenvalue weighted by Gasteiger charge is 2.17. The number of nitrogens with two attached hydrogens (primary N) is 1. The molecule has 0 heterocycles. The molecule has 1 aromatic rings. The molecule has 1 aromatic carbocycles. The van der Waals surface area contributed by atoms with Crippen LogP contribution in [0.3, 0.4) is 0 Å². The minimum absolute atomic E-state index is 0.226. The fraction of sp³-hybridized carbons (Fsp3) is 0.222. The number of hydrogen-bond acceptors (Lipinski definition) is 4. The maximum absolute atomic E-state index is 11.4. The summed E-state index contributed by atoms with van der Waals surface area (Å²) in [6.45, 7) is 0. The number of ether oxygens (including phenoxy) is 2. The Labute approximate surface area is 92.1 Å². The monoisotopic (exact) mass is 230 g/mol. The van der Waals surface area contributed by atoms with Gasteiger partial charge in [0.2, 0.25) is 0 Å². The second-order valence-corrected chi connectivity index (χ2v) is 3.10. The number of nitrogens with one attached hydrogen (secondary N) is 1. The van der Waals surface area contributed by atoms with Crippen molar-refractivity contribution in [1.29, 1.82) is 0 Å². The first-order chi connectivity index (χ1) is 7.13. The zero-order valence-corrected chi connectivity index (χ0v) is 9.09. The van der Waals surface area contributed by atoms with Gasteiger partial charge in [-0.1, -0.05) is 11.6 Å². The maximum Gasteiger partial charge on any atom is 0.269 e. The summed E-state index contributed by atoms with van der Waals surface area (Å²) in [4.78, 5) is 11.4. The fourth-order valence-electron chi connectivity index (χ4n) is 1.18. The molecular weight excluding hydrogens is 220 g/mol. The van der Waals surface area contributed by atoms with Crippen LogP contribution in [0.25, 0.3) is 0 Å². The third kappa shape index (κ3) is 2.31. The van der Waals surface area contributed by atoms with Crippen molar-refractivity contribution >= 4 is 17.5 Å². The molecule has 3 N–H and O–H groups in total. The van der Waals surface area contributed by atoms with Gasteiger partial charge in [0.1, 0.15) is 0 Å². The number of benzene rings is 1. The Morgan fingerprint density at radius 2 is 2.07 bits per heavy atom. The number of carbonyl (C=O) groups excluding carboxylic acids is 1. The first-order valence-corrected chi connectivity index (χ1v) is 4.44. The molecule has 82 valence electrons. The van der Waals surface area contributed by atoms with Crippen molar-refractivity contribution in [1.82, 2.24) is 5.43 Å². The molecule has 0 saturated heterocycles. The number of rotatable bonds is 3. The van der Waals surface area contributed by atoms with E-state index in [-0.39, 0.29) is 5.56 Å². The summed E-state index contributed by atoms with van der Waals surface area (Å²) in [5, 5.41) is 0.367. The van der Waals surface area contributed by atoms with E-state index < -0.39 is 5.91 Å². The van der Waals surface area contributed by atoms with Gasteiger partial charge in [0.25, 0.3) is 5.91 Å². The Balaban J connectivity index is 3.35. The number of halogens is 1. The van der Waals surface area contributed by atoms with Crippen LogP contribution in [0.4, 0.5) is 0 Å². The predicted octanol–water partition coefficient (Wildman–Crippen LogP) is 0.961. The molecule has 0 atom stereocenters. The van der Waals surface area contributed by atoms with Crippen LogP contribution in [0.5, 0.6) is 11.5 Å². The summed E-state index contributed by atoms with van der Waals surface area (Å²) in [7, 11) is 2.89. The van der Waals surface area contributed by atoms with Crippen LogP contribution < -0.4 is 20.7 Å². The quantitative estimate of drug-likeness (QED) is 0.461. The molecule has 0 aromatic heterocycles. The van der Waals surface area contributed by atoms with Crippen molar-refractivity contribution in [3.63, 3.8) is 0 Å². The lowest BCUT2D eigenvalue weighted by molar-refractivity contribution is 0.0950. The molecule has 1 rings (SSSR count). The van der Waals surface area contributed by atoms with E-state index in [4.69, 9.17) is 26.9 Å². The van der Waals surface area contributed by atoms with Crippen molar-refractivity contribution in [2.24, 2.45) is 5.84 Å². The number of methoxy groups -OCH3 is 2. The Kier molecular flexibility index (Phi) is 3.76. The molecule has 0 aliphatic carbocycles. The lowest BCUT2D eigenvalue weighted by Gasteiger charge is -2.12. The summed E-state index contributed by atoms with van der Waals surface area (Å²) in [5.74, 6) is 5.21. The molecule has 6 heteroatoms. The molecule has 0 fully saturated rings. The summed E-state index contributed by atoms with van der Waals surface area (Å²) in [6.07, 6.45) is 0. The zero-order chi connectivity index (χ0) is 11.4. The zero-order valence-electron chi connectivity index (χ0n) is 8.33. The van der Waals surface area contributed by atoms with Gasteiger partial charge in [-0.25, -0.2) is 5.84 Å². The smallest absolute Gasteiger partial charge is 0.269 e. The maximum atomic E-state index is 11.4. The second kappa shape index (κ2) is 4.86. The first-order valence-electron chi connectivity index (χ1n) is 4.06. The SMILES string of the molecule is COc1cc(Cl)cc(C(=O)NN)c1OC. The Hall–Kier alpha value is -1.46. The second-order valence-electron chi connectivity index (χ2n) is 2.66. The molecule has 0 spiro atoms. The van der Waals surface area contributed by atoms with E-state index in [1.165, 1.54) is 20.3 Å². The van der Waals surface area contributed by atoms with Gasteiger partial charge in [-0.2, -0.15) is 0 Å². The predicted molar refractivity (Wildman–Crippen MR) is 56.2 cm³/mol. The molecule has 15 heavy (non-hydrogen) atoms. The van der Waals surface area contributed by atoms with E-state index in [9.17, 15) is 4.79 Å². The summed E-state index contributed by atoms with van der Waals surface area (Å²) in [6, 6.07) is 3.00. The van der Waals surface area contributed by atoms with Crippen LogP contribution in [0.15, 0.2) is 12.1 Å². The topological polar surface area (TPSA) is 73.6 Å². The molecule has 0 unspecified atom stereocenters. The van der Waals surface area contributed by atoms with Crippen molar-refractivity contribution < 1.29 is 14.3 Å². The minimum atomic E-state index is -0.493. The molecule has 0 radical (unpaired) electrons. The van der Waals surface area contributed by atoms with Gasteiger partial charge in [0, 0.05) is 11.1 Å². The molecule has 5 nitrogen and oxygen atoms in total. The van der Waals surface area contributed by atoms with Gasteiger partial charge in [0.15, 0.2) is 11.5 Å². The van der Waals surface area contributed by atoms with E-state index in [1.54, 1.807) is 6.07 Å². The van der Waals surface area contributed by atoms with Crippen molar-refractivity contribution in [2.45, 2.75) is 0 Å². The third-order valence-electron chi connectivity index (χ3n) is 1.82. The molecule has 0 bridgehead atoms. The standard InChI is InChI=1S/C9H11ClN2O3/c1-14-7-4-5(10)3-6(8(7)15-2)9(13)12-11/h3-4H,11H2,1-2H3,(H,12,13). The Bertz CT molecular complexity index is 382. The largest absolute Gasteiger partial charge is 0.493 e. The van der Waals surface area contributed by atoms with Crippen molar-refractivity contribution in [2.75, 3.05) is 14.2 Å². The molecule has 0 aliphatic heterocycles. The van der Waals surface area contributed by atoms with Crippen LogP contribution in [0, 0.1) is 0 Å². The summed E-state index contributed by atoms with van der Waals surface area (Å²) < 4.78 is 10.1. The highest BCUT2D eigenvalue weighted by atomic mass is 35.5. The minimum Gasteiger partial charge on any atom is -0.493 e. The number of hydrazine groups is 1. The number of amides is 1. The lowest BCUT2D eigenvalue weighted by Crippen LogP contribution is -2.30. The molecular formula is C9H11ClN2O3. The Morgan fingerprint density at radius 3 is 2.53 bits per heavy atom. The summed E-state index contributed by atoms with van der Waals surface area (Å²) in [5.41, 5.74) is 2.23. The average molecular weight is 231 g/mol. The molecule has 1 amide bonds. The van der Waals surface area contributed by atoms with E-state index in [1.807, 2.05) is 5.43 Å². The van der Waals surface area contributed by atoms with Crippen LogP contribution in [0.1, 0.15) is 10.4 Å². The van der Waals surface area contributed by atoms with Gasteiger partial charge in [-0.15, -0.1) is 0 Å². The van der Waals surface area contributed by atoms with Gasteiger partial charge < -0.3 is 9.47 Å². The van der Waals surface area contributed by atoms with Gasteiger partial charge in [0.05, 0.1) is 19.8 Å². The number of nitrogen functional groups attached to an aromatic ring is 1. The van der Waals surface area contributed by atoms with Gasteiger partial charge in [-0.05, 0) is 6.07 Å². The first kappa shape index (κ1) is 11.6. The van der Waals surface area contributed by atoms with E-state index in [0.29, 0.717) is 16.5 Å². The van der Waals surface area contributed by atoms with Crippen LogP contribution >= 0.6 is 11.6 Å². The fourth-order valence-corrected chi connectivity index (χ4v) is 1.39. The van der Waals surface area contributed by atoms with Crippen LogP contribution in [-0.4, -0.2) is 20.1 Å². The van der Waals surface area contributed by atoms with Gasteiger partial charge in [-0.3, -0.25) is 10.2 Å². The highest BCUT2D eigenvalue weighted by Crippen LogP contribution is 2.34. The normalized spacial score (nSPS) is 9.60. The highest BCUT2D eigenvalue weighted by molar-refractivity contribution is 6.31. The van der Waals surface area contributed by atoms with E-state index in [2.05, 4.69) is 0 Å². The summed E-state index contributed by atoms with van der Waals surface area (Å²) >= 11 is 5.80. The molecule has 0 saturated carbocycles. The molecule has 0 aliphatic rings. The third-order valence-corrected chi connectivity index (χ3v) is 2.04. The van der Waals surface area contributed by atoms with Gasteiger partial charge >= 0.3 is 0 Å². The number of hydrogen-bond donors (Lipinski definition) is 2. The van der Waals surface area contributed by atoms with Crippen LogP contribution in [-0.2, 0) is 0 Å². The Morgan fingerprint density at radius 1 is 1.40 bits per heavy atom. The lowest BCUT2D eigenvalue weighted by atomic mass is 10.1. The van der Waals surface area contributed by atoms with E-state index >= 15 is 0 Å². The average Bonchev–Trinajstić information content (AvgIpc) is 2.26. The number of carbonyl (C=O) groups is 1.